The minimum Gasteiger partial charge on any atom is -0.399 e. The van der Waals surface area contributed by atoms with E-state index >= 15 is 0 Å². The van der Waals surface area contributed by atoms with E-state index in [0.717, 1.165) is 50.9 Å². The minimum absolute atomic E-state index is 0.650. The third kappa shape index (κ3) is 5.42. The predicted octanol–water partition coefficient (Wildman–Crippen LogP) is 10.5. The minimum atomic E-state index is 0.650. The molecule has 6 aromatic carbocycles. The molecule has 0 spiro atoms. The Balaban J connectivity index is 1.52. The van der Waals surface area contributed by atoms with E-state index in [9.17, 15) is 0 Å². The Hall–Kier alpha value is -4.99. The van der Waals surface area contributed by atoms with Crippen molar-refractivity contribution in [2.75, 3.05) is 15.5 Å². The summed E-state index contributed by atoms with van der Waals surface area (Å²) in [6.07, 6.45) is 0. The fraction of sp³-hybridized carbons (Fsp3) is 0. The van der Waals surface area contributed by atoms with E-state index in [0.29, 0.717) is 5.02 Å². The molecule has 3 nitrogen and oxygen atoms in total. The lowest BCUT2D eigenvalue weighted by atomic mass is 10.0. The first-order chi connectivity index (χ1) is 19.7. The molecule has 0 aromatic heterocycles. The summed E-state index contributed by atoms with van der Waals surface area (Å²) in [7, 11) is 0. The zero-order valence-electron chi connectivity index (χ0n) is 21.9. The van der Waals surface area contributed by atoms with Crippen molar-refractivity contribution in [2.24, 2.45) is 0 Å². The summed E-state index contributed by atoms with van der Waals surface area (Å²) in [6.45, 7) is 0. The van der Waals surface area contributed by atoms with E-state index in [4.69, 9.17) is 17.3 Å². The first-order valence-corrected chi connectivity index (χ1v) is 13.6. The van der Waals surface area contributed by atoms with Crippen molar-refractivity contribution >= 4 is 51.4 Å². The van der Waals surface area contributed by atoms with Gasteiger partial charge in [-0.1, -0.05) is 90.5 Å². The average molecular weight is 538 g/mol. The SMILES string of the molecule is Nc1cccc(-c2cccc(N(c3ccccc3)c3cc(Cl)cc(N(c4ccccc4)c4ccccc4)c3)c2)c1. The number of rotatable bonds is 7. The van der Waals surface area contributed by atoms with Crippen molar-refractivity contribution < 1.29 is 0 Å². The van der Waals surface area contributed by atoms with Gasteiger partial charge >= 0.3 is 0 Å². The summed E-state index contributed by atoms with van der Waals surface area (Å²) in [4.78, 5) is 4.46. The van der Waals surface area contributed by atoms with Crippen molar-refractivity contribution in [1.82, 2.24) is 0 Å². The molecule has 0 radical (unpaired) electrons. The fourth-order valence-electron chi connectivity index (χ4n) is 4.99. The highest BCUT2D eigenvalue weighted by atomic mass is 35.5. The van der Waals surface area contributed by atoms with Gasteiger partial charge in [0.15, 0.2) is 0 Å². The number of nitrogens with zero attached hydrogens (tertiary/aromatic N) is 2. The second-order valence-electron chi connectivity index (χ2n) is 9.52. The molecular weight excluding hydrogens is 510 g/mol. The van der Waals surface area contributed by atoms with Crippen LogP contribution in [0.5, 0.6) is 0 Å². The number of nitrogens with two attached hydrogens (primary N) is 1. The zero-order valence-corrected chi connectivity index (χ0v) is 22.6. The largest absolute Gasteiger partial charge is 0.399 e. The third-order valence-corrected chi connectivity index (χ3v) is 6.97. The van der Waals surface area contributed by atoms with Gasteiger partial charge in [0.05, 0.1) is 0 Å². The quantitative estimate of drug-likeness (QED) is 0.205. The van der Waals surface area contributed by atoms with Crippen LogP contribution < -0.4 is 15.5 Å². The molecule has 40 heavy (non-hydrogen) atoms. The van der Waals surface area contributed by atoms with E-state index in [-0.39, 0.29) is 0 Å². The molecule has 6 rings (SSSR count). The number of para-hydroxylation sites is 3. The molecular formula is C36H28ClN3. The Kier molecular flexibility index (Phi) is 7.21. The topological polar surface area (TPSA) is 32.5 Å². The van der Waals surface area contributed by atoms with Crippen molar-refractivity contribution in [3.8, 4) is 11.1 Å². The Morgan fingerprint density at radius 1 is 0.375 bits per heavy atom. The molecule has 0 saturated heterocycles. The van der Waals surface area contributed by atoms with Crippen LogP contribution in [0.3, 0.4) is 0 Å². The summed E-state index contributed by atoms with van der Waals surface area (Å²) in [5.41, 5.74) is 15.1. The molecule has 6 aromatic rings. The van der Waals surface area contributed by atoms with Crippen LogP contribution in [0.2, 0.25) is 5.02 Å². The van der Waals surface area contributed by atoms with Crippen LogP contribution in [0.1, 0.15) is 0 Å². The second-order valence-corrected chi connectivity index (χ2v) is 9.96. The number of benzene rings is 6. The predicted molar refractivity (Wildman–Crippen MR) is 171 cm³/mol. The van der Waals surface area contributed by atoms with Crippen molar-refractivity contribution in [2.45, 2.75) is 0 Å². The Labute approximate surface area is 240 Å². The van der Waals surface area contributed by atoms with Gasteiger partial charge in [-0.2, -0.15) is 0 Å². The van der Waals surface area contributed by atoms with Crippen molar-refractivity contribution in [1.29, 1.82) is 0 Å². The molecule has 0 aliphatic rings. The van der Waals surface area contributed by atoms with Crippen LogP contribution in [0, 0.1) is 0 Å². The monoisotopic (exact) mass is 537 g/mol. The first kappa shape index (κ1) is 25.3. The van der Waals surface area contributed by atoms with Crippen LogP contribution in [-0.2, 0) is 0 Å². The van der Waals surface area contributed by atoms with E-state index < -0.39 is 0 Å². The highest BCUT2D eigenvalue weighted by Crippen LogP contribution is 2.42. The van der Waals surface area contributed by atoms with Gasteiger partial charge in [0.1, 0.15) is 0 Å². The van der Waals surface area contributed by atoms with E-state index in [1.165, 1.54) is 0 Å². The van der Waals surface area contributed by atoms with Crippen molar-refractivity contribution in [3.63, 3.8) is 0 Å². The molecule has 0 amide bonds. The Bertz CT molecular complexity index is 1680. The summed E-state index contributed by atoms with van der Waals surface area (Å²) >= 11 is 6.87. The third-order valence-electron chi connectivity index (χ3n) is 6.75. The summed E-state index contributed by atoms with van der Waals surface area (Å²) in [5, 5.41) is 0.650. The number of nitrogen functional groups attached to an aromatic ring is 1. The van der Waals surface area contributed by atoms with Crippen LogP contribution in [0.15, 0.2) is 158 Å². The highest BCUT2D eigenvalue weighted by molar-refractivity contribution is 6.31. The normalized spacial score (nSPS) is 10.7. The molecule has 0 saturated carbocycles. The smallest absolute Gasteiger partial charge is 0.0497 e. The maximum Gasteiger partial charge on any atom is 0.0497 e. The lowest BCUT2D eigenvalue weighted by Gasteiger charge is -2.30. The van der Waals surface area contributed by atoms with Gasteiger partial charge in [-0.05, 0) is 90.0 Å². The molecule has 0 fully saturated rings. The average Bonchev–Trinajstić information content (AvgIpc) is 2.99. The van der Waals surface area contributed by atoms with Gasteiger partial charge in [-0.3, -0.25) is 0 Å². The number of halogens is 1. The maximum atomic E-state index is 6.87. The lowest BCUT2D eigenvalue weighted by molar-refractivity contribution is 1.25. The zero-order chi connectivity index (χ0) is 27.3. The molecule has 0 aliphatic heterocycles. The van der Waals surface area contributed by atoms with E-state index in [1.807, 2.05) is 48.5 Å². The first-order valence-electron chi connectivity index (χ1n) is 13.2. The molecule has 0 bridgehead atoms. The summed E-state index contributed by atoms with van der Waals surface area (Å²) in [6, 6.07) is 53.7. The van der Waals surface area contributed by atoms with Crippen LogP contribution >= 0.6 is 11.6 Å². The van der Waals surface area contributed by atoms with Crippen LogP contribution in [-0.4, -0.2) is 0 Å². The van der Waals surface area contributed by atoms with Crippen LogP contribution in [0.25, 0.3) is 11.1 Å². The molecule has 0 unspecified atom stereocenters. The fourth-order valence-corrected chi connectivity index (χ4v) is 5.21. The van der Waals surface area contributed by atoms with Gasteiger partial charge in [0, 0.05) is 44.8 Å². The number of hydrogen-bond acceptors (Lipinski definition) is 3. The van der Waals surface area contributed by atoms with Gasteiger partial charge in [-0.15, -0.1) is 0 Å². The molecule has 194 valence electrons. The van der Waals surface area contributed by atoms with Gasteiger partial charge in [0.2, 0.25) is 0 Å². The molecule has 2 N–H and O–H groups in total. The van der Waals surface area contributed by atoms with Gasteiger partial charge in [0.25, 0.3) is 0 Å². The van der Waals surface area contributed by atoms with Gasteiger partial charge in [-0.25, -0.2) is 0 Å². The number of anilines is 7. The molecule has 0 aliphatic carbocycles. The van der Waals surface area contributed by atoms with Crippen LogP contribution in [0.4, 0.5) is 39.8 Å². The second kappa shape index (κ2) is 11.4. The molecule has 0 atom stereocenters. The summed E-state index contributed by atoms with van der Waals surface area (Å²) in [5.74, 6) is 0. The van der Waals surface area contributed by atoms with Gasteiger partial charge < -0.3 is 15.5 Å². The lowest BCUT2D eigenvalue weighted by Crippen LogP contribution is -2.13. The Morgan fingerprint density at radius 2 is 0.800 bits per heavy atom. The Morgan fingerprint density at radius 3 is 1.30 bits per heavy atom. The molecule has 4 heteroatoms. The standard InChI is InChI=1S/C36H28ClN3/c37-29-24-35(39(31-15-4-1-5-16-31)32-17-6-2-7-18-32)26-36(25-29)40(33-19-8-3-9-20-33)34-21-11-13-28(23-34)27-12-10-14-30(38)22-27/h1-26H,38H2. The summed E-state index contributed by atoms with van der Waals surface area (Å²) < 4.78 is 0. The van der Waals surface area contributed by atoms with E-state index in [2.05, 4.69) is 119 Å². The van der Waals surface area contributed by atoms with E-state index in [1.54, 1.807) is 0 Å². The molecule has 0 heterocycles. The highest BCUT2D eigenvalue weighted by Gasteiger charge is 2.18. The van der Waals surface area contributed by atoms with Crippen molar-refractivity contribution in [3.05, 3.63) is 163 Å². The number of hydrogen-bond donors (Lipinski definition) is 1. The maximum absolute atomic E-state index is 6.87.